The Kier molecular flexibility index (Phi) is 8.23. The summed E-state index contributed by atoms with van der Waals surface area (Å²) in [5, 5.41) is 3.41. The summed E-state index contributed by atoms with van der Waals surface area (Å²) < 4.78 is 5.73. The van der Waals surface area contributed by atoms with Crippen LogP contribution in [-0.4, -0.2) is 29.3 Å². The van der Waals surface area contributed by atoms with Gasteiger partial charge in [0.05, 0.1) is 6.54 Å². The Bertz CT molecular complexity index is 1170. The number of hydrogen-bond acceptors (Lipinski definition) is 5. The van der Waals surface area contributed by atoms with Gasteiger partial charge in [-0.15, -0.1) is 0 Å². The molecule has 0 saturated heterocycles. The van der Waals surface area contributed by atoms with E-state index in [1.165, 1.54) is 18.3 Å². The minimum absolute atomic E-state index is 0.0783. The highest BCUT2D eigenvalue weighted by Crippen LogP contribution is 2.22. The van der Waals surface area contributed by atoms with Crippen LogP contribution in [0.2, 0.25) is 10.0 Å². The first kappa shape index (κ1) is 24.0. The van der Waals surface area contributed by atoms with Gasteiger partial charge in [0.2, 0.25) is 0 Å². The molecule has 3 aromatic rings. The Morgan fingerprint density at radius 1 is 0.939 bits per heavy atom. The minimum atomic E-state index is -0.609. The van der Waals surface area contributed by atoms with Gasteiger partial charge in [0.1, 0.15) is 18.1 Å². The van der Waals surface area contributed by atoms with Crippen LogP contribution in [0, 0.1) is 6.92 Å². The van der Waals surface area contributed by atoms with E-state index in [0.29, 0.717) is 28.0 Å². The van der Waals surface area contributed by atoms with Crippen molar-refractivity contribution in [1.29, 1.82) is 0 Å². The molecule has 0 aliphatic heterocycles. The van der Waals surface area contributed by atoms with E-state index in [-0.39, 0.29) is 12.2 Å². The van der Waals surface area contributed by atoms with E-state index < -0.39 is 17.7 Å². The van der Waals surface area contributed by atoms with Crippen LogP contribution in [0.4, 0.5) is 0 Å². The van der Waals surface area contributed by atoms with E-state index in [1.807, 2.05) is 13.0 Å². The number of hydrazine groups is 1. The van der Waals surface area contributed by atoms with Gasteiger partial charge < -0.3 is 10.1 Å². The van der Waals surface area contributed by atoms with Crippen LogP contribution in [0.25, 0.3) is 0 Å². The minimum Gasteiger partial charge on any atom is -0.489 e. The van der Waals surface area contributed by atoms with Crippen molar-refractivity contribution in [2.75, 3.05) is 6.54 Å². The highest BCUT2D eigenvalue weighted by Gasteiger charge is 2.11. The normalized spacial score (nSPS) is 10.3. The van der Waals surface area contributed by atoms with Crippen molar-refractivity contribution in [3.05, 3.63) is 93.2 Å². The quantitative estimate of drug-likeness (QED) is 0.443. The van der Waals surface area contributed by atoms with Gasteiger partial charge in [0, 0.05) is 21.8 Å². The highest BCUT2D eigenvalue weighted by atomic mass is 35.5. The van der Waals surface area contributed by atoms with E-state index in [9.17, 15) is 14.4 Å². The first-order chi connectivity index (χ1) is 15.8. The fourth-order valence-electron chi connectivity index (χ4n) is 2.65. The van der Waals surface area contributed by atoms with Crippen LogP contribution in [-0.2, 0) is 11.4 Å². The molecule has 170 valence electrons. The van der Waals surface area contributed by atoms with Gasteiger partial charge in [0.25, 0.3) is 17.7 Å². The van der Waals surface area contributed by atoms with Gasteiger partial charge in [-0.25, -0.2) is 0 Å². The molecule has 0 aliphatic carbocycles. The predicted octanol–water partition coefficient (Wildman–Crippen LogP) is 3.47. The summed E-state index contributed by atoms with van der Waals surface area (Å²) in [4.78, 5) is 39.9. The Balaban J connectivity index is 1.42. The monoisotopic (exact) mass is 486 g/mol. The number of carbonyl (C=O) groups excluding carboxylic acids is 3. The molecule has 8 nitrogen and oxygen atoms in total. The Morgan fingerprint density at radius 2 is 1.70 bits per heavy atom. The molecule has 10 heteroatoms. The molecule has 0 bridgehead atoms. The smallest absolute Gasteiger partial charge is 0.270 e. The van der Waals surface area contributed by atoms with E-state index in [4.69, 9.17) is 27.9 Å². The van der Waals surface area contributed by atoms with Crippen LogP contribution < -0.4 is 20.9 Å². The molecule has 1 aromatic heterocycles. The molecule has 0 unspecified atom stereocenters. The van der Waals surface area contributed by atoms with Crippen molar-refractivity contribution in [1.82, 2.24) is 21.2 Å². The number of benzene rings is 2. The first-order valence-electron chi connectivity index (χ1n) is 9.78. The lowest BCUT2D eigenvalue weighted by molar-refractivity contribution is -0.120. The number of aromatic nitrogens is 1. The Labute approximate surface area is 200 Å². The van der Waals surface area contributed by atoms with Crippen LogP contribution in [0.5, 0.6) is 5.75 Å². The molecular weight excluding hydrogens is 467 g/mol. The van der Waals surface area contributed by atoms with Crippen LogP contribution >= 0.6 is 23.2 Å². The molecule has 0 spiro atoms. The second kappa shape index (κ2) is 11.3. The number of nitrogens with one attached hydrogen (secondary N) is 3. The molecule has 1 heterocycles. The van der Waals surface area contributed by atoms with Crippen molar-refractivity contribution < 1.29 is 19.1 Å². The molecule has 33 heavy (non-hydrogen) atoms. The predicted molar refractivity (Wildman–Crippen MR) is 124 cm³/mol. The zero-order valence-electron chi connectivity index (χ0n) is 17.5. The van der Waals surface area contributed by atoms with E-state index in [0.717, 1.165) is 11.1 Å². The van der Waals surface area contributed by atoms with E-state index in [1.54, 1.807) is 36.4 Å². The van der Waals surface area contributed by atoms with Gasteiger partial charge in [-0.3, -0.25) is 30.2 Å². The lowest BCUT2D eigenvalue weighted by Crippen LogP contribution is -2.46. The van der Waals surface area contributed by atoms with Crippen molar-refractivity contribution in [2.24, 2.45) is 0 Å². The maximum atomic E-state index is 12.2. The molecule has 3 amide bonds. The summed E-state index contributed by atoms with van der Waals surface area (Å²) in [6, 6.07) is 15.0. The van der Waals surface area contributed by atoms with Crippen molar-refractivity contribution in [2.45, 2.75) is 13.5 Å². The molecule has 2 aromatic carbocycles. The number of pyridine rings is 1. The highest BCUT2D eigenvalue weighted by molar-refractivity contribution is 6.31. The zero-order valence-corrected chi connectivity index (χ0v) is 19.0. The molecule has 0 radical (unpaired) electrons. The number of nitrogens with zero attached hydrogens (tertiary/aromatic N) is 1. The number of amides is 3. The number of halogens is 2. The van der Waals surface area contributed by atoms with Crippen LogP contribution in [0.3, 0.4) is 0 Å². The van der Waals surface area contributed by atoms with Gasteiger partial charge in [-0.1, -0.05) is 35.3 Å². The number of carbonyl (C=O) groups is 3. The lowest BCUT2D eigenvalue weighted by atomic mass is 10.1. The topological polar surface area (TPSA) is 109 Å². The fourth-order valence-corrected chi connectivity index (χ4v) is 2.93. The maximum absolute atomic E-state index is 12.2. The summed E-state index contributed by atoms with van der Waals surface area (Å²) in [7, 11) is 0. The molecular formula is C23H20Cl2N4O4. The SMILES string of the molecule is Cc1cc(OCc2ccc(C(=O)NNC(=O)CNC(=O)c3cc(Cl)ccn3)cc2)ccc1Cl. The summed E-state index contributed by atoms with van der Waals surface area (Å²) >= 11 is 11.8. The number of rotatable bonds is 7. The zero-order chi connectivity index (χ0) is 23.8. The maximum Gasteiger partial charge on any atom is 0.270 e. The van der Waals surface area contributed by atoms with Gasteiger partial charge in [0.15, 0.2) is 0 Å². The molecule has 0 atom stereocenters. The average molecular weight is 487 g/mol. The van der Waals surface area contributed by atoms with Crippen molar-refractivity contribution in [3.63, 3.8) is 0 Å². The average Bonchev–Trinajstić information content (AvgIpc) is 2.82. The largest absolute Gasteiger partial charge is 0.489 e. The van der Waals surface area contributed by atoms with Crippen molar-refractivity contribution >= 4 is 40.9 Å². The molecule has 3 rings (SSSR count). The second-order valence-corrected chi connectivity index (χ2v) is 7.78. The molecule has 0 aliphatic rings. The first-order valence-corrected chi connectivity index (χ1v) is 10.5. The summed E-state index contributed by atoms with van der Waals surface area (Å²) in [6.45, 7) is 1.86. The lowest BCUT2D eigenvalue weighted by Gasteiger charge is -2.10. The third kappa shape index (κ3) is 7.20. The van der Waals surface area contributed by atoms with E-state index in [2.05, 4.69) is 21.2 Å². The molecule has 0 fully saturated rings. The van der Waals surface area contributed by atoms with Gasteiger partial charge in [-0.2, -0.15) is 0 Å². The Morgan fingerprint density at radius 3 is 2.39 bits per heavy atom. The third-order valence-electron chi connectivity index (χ3n) is 4.43. The summed E-state index contributed by atoms with van der Waals surface area (Å²) in [5.74, 6) is -0.987. The van der Waals surface area contributed by atoms with Gasteiger partial charge in [-0.05, 0) is 60.5 Å². The van der Waals surface area contributed by atoms with Crippen molar-refractivity contribution in [3.8, 4) is 5.75 Å². The molecule has 3 N–H and O–H groups in total. The Hall–Kier alpha value is -3.62. The second-order valence-electron chi connectivity index (χ2n) is 6.94. The number of hydrogen-bond donors (Lipinski definition) is 3. The van der Waals surface area contributed by atoms with Crippen LogP contribution in [0.1, 0.15) is 32.0 Å². The number of ether oxygens (including phenoxy) is 1. The summed E-state index contributed by atoms with van der Waals surface area (Å²) in [6.07, 6.45) is 1.38. The third-order valence-corrected chi connectivity index (χ3v) is 5.09. The number of aryl methyl sites for hydroxylation is 1. The van der Waals surface area contributed by atoms with Gasteiger partial charge >= 0.3 is 0 Å². The van der Waals surface area contributed by atoms with Crippen LogP contribution in [0.15, 0.2) is 60.8 Å². The van der Waals surface area contributed by atoms with E-state index >= 15 is 0 Å². The standard InChI is InChI=1S/C23H20Cl2N4O4/c1-14-10-18(6-7-19(14)25)33-13-15-2-4-16(5-3-15)22(31)29-28-21(30)12-27-23(32)20-11-17(24)8-9-26-20/h2-11H,12-13H2,1H3,(H,27,32)(H,28,30)(H,29,31). The fraction of sp³-hybridized carbons (Fsp3) is 0.130. The molecule has 0 saturated carbocycles. The summed E-state index contributed by atoms with van der Waals surface area (Å²) in [5.41, 5.74) is 6.73.